The highest BCUT2D eigenvalue weighted by molar-refractivity contribution is 7.88. The van der Waals surface area contributed by atoms with Gasteiger partial charge in [0.25, 0.3) is 0 Å². The summed E-state index contributed by atoms with van der Waals surface area (Å²) in [4.78, 5) is 8.81. The first-order valence-corrected chi connectivity index (χ1v) is 10.0. The Balaban J connectivity index is 1.58. The van der Waals surface area contributed by atoms with Crippen molar-refractivity contribution in [3.05, 3.63) is 35.6 Å². The lowest BCUT2D eigenvalue weighted by Gasteiger charge is -2.30. The molecule has 3 heterocycles. The average Bonchev–Trinajstić information content (AvgIpc) is 3.02. The molecule has 1 aliphatic heterocycles. The van der Waals surface area contributed by atoms with Crippen molar-refractivity contribution in [3.8, 4) is 10.6 Å². The number of rotatable bonds is 4. The molecule has 2 aromatic rings. The van der Waals surface area contributed by atoms with Gasteiger partial charge >= 0.3 is 0 Å². The topological polar surface area (TPSA) is 63.2 Å². The molecule has 0 aromatic carbocycles. The predicted octanol–water partition coefficient (Wildman–Crippen LogP) is 2.42. The molecule has 1 saturated heterocycles. The molecule has 0 amide bonds. The summed E-state index contributed by atoms with van der Waals surface area (Å²) in [5.74, 6) is 0.510. The monoisotopic (exact) mass is 337 g/mol. The third kappa shape index (κ3) is 3.71. The summed E-state index contributed by atoms with van der Waals surface area (Å²) >= 11 is 1.61. The van der Waals surface area contributed by atoms with Crippen molar-refractivity contribution < 1.29 is 8.42 Å². The van der Waals surface area contributed by atoms with Gasteiger partial charge in [-0.3, -0.25) is 4.98 Å². The second kappa shape index (κ2) is 6.44. The normalized spacial score (nSPS) is 17.7. The van der Waals surface area contributed by atoms with Gasteiger partial charge in [-0.15, -0.1) is 11.3 Å². The van der Waals surface area contributed by atoms with Crippen molar-refractivity contribution in [1.82, 2.24) is 14.3 Å². The molecule has 1 fully saturated rings. The molecule has 0 saturated carbocycles. The summed E-state index contributed by atoms with van der Waals surface area (Å²) in [6.07, 6.45) is 7.68. The molecule has 0 atom stereocenters. The molecule has 0 N–H and O–H groups in total. The van der Waals surface area contributed by atoms with Gasteiger partial charge in [0, 0.05) is 42.1 Å². The fraction of sp³-hybridized carbons (Fsp3) is 0.467. The van der Waals surface area contributed by atoms with E-state index in [0.717, 1.165) is 35.5 Å². The van der Waals surface area contributed by atoms with E-state index in [1.165, 1.54) is 6.26 Å². The van der Waals surface area contributed by atoms with Crippen molar-refractivity contribution >= 4 is 21.4 Å². The highest BCUT2D eigenvalue weighted by Crippen LogP contribution is 2.24. The van der Waals surface area contributed by atoms with E-state index in [2.05, 4.69) is 22.1 Å². The van der Waals surface area contributed by atoms with Crippen LogP contribution in [0.3, 0.4) is 0 Å². The molecular formula is C15H19N3O2S2. The summed E-state index contributed by atoms with van der Waals surface area (Å²) < 4.78 is 24.6. The van der Waals surface area contributed by atoms with E-state index in [1.54, 1.807) is 21.8 Å². The minimum Gasteiger partial charge on any atom is -0.261 e. The lowest BCUT2D eigenvalue weighted by Crippen LogP contribution is -2.38. The Morgan fingerprint density at radius 2 is 2.05 bits per heavy atom. The number of aromatic nitrogens is 2. The Morgan fingerprint density at radius 1 is 1.27 bits per heavy atom. The van der Waals surface area contributed by atoms with Crippen molar-refractivity contribution in [2.75, 3.05) is 19.3 Å². The quantitative estimate of drug-likeness (QED) is 0.859. The zero-order chi connectivity index (χ0) is 15.6. The third-order valence-corrected chi connectivity index (χ3v) is 6.17. The number of hydrogen-bond donors (Lipinski definition) is 0. The van der Waals surface area contributed by atoms with E-state index in [4.69, 9.17) is 0 Å². The number of hydrogen-bond acceptors (Lipinski definition) is 5. The zero-order valence-corrected chi connectivity index (χ0v) is 14.1. The van der Waals surface area contributed by atoms with Crippen LogP contribution in [-0.4, -0.2) is 42.0 Å². The predicted molar refractivity (Wildman–Crippen MR) is 88.2 cm³/mol. The third-order valence-electron chi connectivity index (χ3n) is 4.04. The maximum atomic E-state index is 11.5. The van der Waals surface area contributed by atoms with Crippen LogP contribution in [0.2, 0.25) is 0 Å². The van der Waals surface area contributed by atoms with Gasteiger partial charge in [-0.1, -0.05) is 0 Å². The number of pyridine rings is 1. The van der Waals surface area contributed by atoms with E-state index in [1.807, 2.05) is 11.6 Å². The van der Waals surface area contributed by atoms with Crippen molar-refractivity contribution in [3.63, 3.8) is 0 Å². The van der Waals surface area contributed by atoms with Gasteiger partial charge in [0.2, 0.25) is 10.0 Å². The summed E-state index contributed by atoms with van der Waals surface area (Å²) in [7, 11) is -3.04. The van der Waals surface area contributed by atoms with Crippen LogP contribution in [0.1, 0.15) is 18.5 Å². The number of thiazole rings is 1. The smallest absolute Gasteiger partial charge is 0.211 e. The minimum absolute atomic E-state index is 0.510. The largest absolute Gasteiger partial charge is 0.261 e. The fourth-order valence-electron chi connectivity index (χ4n) is 2.78. The molecular weight excluding hydrogens is 318 g/mol. The number of piperidine rings is 1. The van der Waals surface area contributed by atoms with Crippen LogP contribution < -0.4 is 0 Å². The maximum Gasteiger partial charge on any atom is 0.211 e. The first-order valence-electron chi connectivity index (χ1n) is 7.32. The second-order valence-electron chi connectivity index (χ2n) is 5.69. The molecule has 5 nitrogen and oxygen atoms in total. The lowest BCUT2D eigenvalue weighted by molar-refractivity contribution is 0.273. The van der Waals surface area contributed by atoms with Crippen molar-refractivity contribution in [1.29, 1.82) is 0 Å². The molecule has 7 heteroatoms. The van der Waals surface area contributed by atoms with E-state index < -0.39 is 10.0 Å². The Bertz CT molecular complexity index is 704. The molecule has 0 bridgehead atoms. The maximum absolute atomic E-state index is 11.5. The molecule has 0 aliphatic carbocycles. The molecule has 1 aliphatic rings. The van der Waals surface area contributed by atoms with E-state index in [-0.39, 0.29) is 0 Å². The van der Waals surface area contributed by atoms with Gasteiger partial charge in [-0.05, 0) is 37.3 Å². The molecule has 0 spiro atoms. The van der Waals surface area contributed by atoms with Gasteiger partial charge < -0.3 is 0 Å². The molecule has 0 unspecified atom stereocenters. The standard InChI is InChI=1S/C15H19N3O2S2/c1-22(19,20)18-7-4-12(5-8-18)10-14-3-2-13(11-17-14)15-16-6-9-21-15/h2-3,6,9,11-12H,4-5,7-8,10H2,1H3. The van der Waals surface area contributed by atoms with Crippen LogP contribution >= 0.6 is 11.3 Å². The molecule has 3 rings (SSSR count). The van der Waals surface area contributed by atoms with E-state index in [0.29, 0.717) is 19.0 Å². The highest BCUT2D eigenvalue weighted by Gasteiger charge is 2.25. The van der Waals surface area contributed by atoms with Crippen LogP contribution in [0.25, 0.3) is 10.6 Å². The first kappa shape index (κ1) is 15.6. The summed E-state index contributed by atoms with van der Waals surface area (Å²) in [5, 5.41) is 2.94. The highest BCUT2D eigenvalue weighted by atomic mass is 32.2. The number of nitrogens with zero attached hydrogens (tertiary/aromatic N) is 3. The zero-order valence-electron chi connectivity index (χ0n) is 12.5. The van der Waals surface area contributed by atoms with Gasteiger partial charge in [0.05, 0.1) is 6.26 Å². The van der Waals surface area contributed by atoms with Crippen LogP contribution in [0, 0.1) is 5.92 Å². The van der Waals surface area contributed by atoms with Crippen LogP contribution in [-0.2, 0) is 16.4 Å². The average molecular weight is 337 g/mol. The summed E-state index contributed by atoms with van der Waals surface area (Å²) in [6.45, 7) is 1.25. The van der Waals surface area contributed by atoms with Gasteiger partial charge in [-0.2, -0.15) is 0 Å². The molecule has 22 heavy (non-hydrogen) atoms. The Kier molecular flexibility index (Phi) is 4.56. The first-order chi connectivity index (χ1) is 10.5. The SMILES string of the molecule is CS(=O)(=O)N1CCC(Cc2ccc(-c3nccs3)cn2)CC1. The van der Waals surface area contributed by atoms with Gasteiger partial charge in [0.15, 0.2) is 0 Å². The summed E-state index contributed by atoms with van der Waals surface area (Å²) in [6, 6.07) is 4.12. The Labute approximate surface area is 135 Å². The van der Waals surface area contributed by atoms with Gasteiger partial charge in [-0.25, -0.2) is 17.7 Å². The Morgan fingerprint density at radius 3 is 2.59 bits per heavy atom. The number of sulfonamides is 1. The van der Waals surface area contributed by atoms with Gasteiger partial charge in [0.1, 0.15) is 5.01 Å². The molecule has 118 valence electrons. The van der Waals surface area contributed by atoms with E-state index in [9.17, 15) is 8.42 Å². The Hall–Kier alpha value is -1.31. The molecule has 0 radical (unpaired) electrons. The minimum atomic E-state index is -3.04. The van der Waals surface area contributed by atoms with Crippen LogP contribution in [0.4, 0.5) is 0 Å². The second-order valence-corrected chi connectivity index (χ2v) is 8.56. The summed E-state index contributed by atoms with van der Waals surface area (Å²) in [5.41, 5.74) is 2.11. The van der Waals surface area contributed by atoms with Crippen LogP contribution in [0.15, 0.2) is 29.9 Å². The molecule has 2 aromatic heterocycles. The fourth-order valence-corrected chi connectivity index (χ4v) is 4.28. The van der Waals surface area contributed by atoms with E-state index >= 15 is 0 Å². The van der Waals surface area contributed by atoms with Crippen molar-refractivity contribution in [2.45, 2.75) is 19.3 Å². The van der Waals surface area contributed by atoms with Crippen molar-refractivity contribution in [2.24, 2.45) is 5.92 Å². The lowest BCUT2D eigenvalue weighted by atomic mass is 9.93. The van der Waals surface area contributed by atoms with Crippen LogP contribution in [0.5, 0.6) is 0 Å².